The number of aromatic nitrogens is 1. The molecule has 1 aromatic heterocycles. The van der Waals surface area contributed by atoms with Gasteiger partial charge in [-0.3, -0.25) is 4.79 Å². The van der Waals surface area contributed by atoms with Gasteiger partial charge in [0.05, 0.1) is 6.61 Å². The minimum absolute atomic E-state index is 0.193. The largest absolute Gasteiger partial charge is 0.492 e. The van der Waals surface area contributed by atoms with Crippen molar-refractivity contribution in [3.8, 4) is 16.9 Å². The summed E-state index contributed by atoms with van der Waals surface area (Å²) in [6.07, 6.45) is 2.43. The Morgan fingerprint density at radius 1 is 1.15 bits per heavy atom. The minimum Gasteiger partial charge on any atom is -0.492 e. The molecule has 0 aliphatic carbocycles. The molecule has 136 valence electrons. The number of hydrogen-bond donors (Lipinski definition) is 1. The summed E-state index contributed by atoms with van der Waals surface area (Å²) in [5.74, 6) is -1.72. The maximum Gasteiger partial charge on any atom is 0.262 e. The maximum atomic E-state index is 13.7. The molecular formula is C20H13BrF2N2O2. The Bertz CT molecular complexity index is 1020. The van der Waals surface area contributed by atoms with Crippen LogP contribution in [0.15, 0.2) is 53.1 Å². The second kappa shape index (κ2) is 7.08. The van der Waals surface area contributed by atoms with Crippen molar-refractivity contribution in [3.63, 3.8) is 0 Å². The van der Waals surface area contributed by atoms with E-state index in [-0.39, 0.29) is 5.82 Å². The van der Waals surface area contributed by atoms with Crippen molar-refractivity contribution in [2.45, 2.75) is 6.42 Å². The van der Waals surface area contributed by atoms with Gasteiger partial charge in [0.15, 0.2) is 0 Å². The lowest BCUT2D eigenvalue weighted by Gasteiger charge is -2.10. The van der Waals surface area contributed by atoms with Crippen LogP contribution in [0.25, 0.3) is 11.1 Å². The molecule has 3 aromatic rings. The van der Waals surface area contributed by atoms with E-state index in [4.69, 9.17) is 4.74 Å². The third kappa shape index (κ3) is 3.42. The van der Waals surface area contributed by atoms with Crippen LogP contribution in [0, 0.1) is 11.6 Å². The van der Waals surface area contributed by atoms with Gasteiger partial charge >= 0.3 is 0 Å². The van der Waals surface area contributed by atoms with E-state index in [1.807, 2.05) is 12.1 Å². The fraction of sp³-hybridized carbons (Fsp3) is 0.100. The summed E-state index contributed by atoms with van der Waals surface area (Å²) in [4.78, 5) is 16.3. The summed E-state index contributed by atoms with van der Waals surface area (Å²) >= 11 is 3.50. The highest BCUT2D eigenvalue weighted by molar-refractivity contribution is 9.10. The Hall–Kier alpha value is -2.80. The number of amides is 1. The summed E-state index contributed by atoms with van der Waals surface area (Å²) in [6, 6.07) is 10.6. The number of fused-ring (bicyclic) bond motifs is 1. The highest BCUT2D eigenvalue weighted by atomic mass is 79.9. The first-order valence-corrected chi connectivity index (χ1v) is 8.99. The molecule has 2 aromatic carbocycles. The van der Waals surface area contributed by atoms with Crippen molar-refractivity contribution in [2.75, 3.05) is 11.9 Å². The van der Waals surface area contributed by atoms with Gasteiger partial charge in [0.1, 0.15) is 28.8 Å². The van der Waals surface area contributed by atoms with Crippen molar-refractivity contribution in [1.29, 1.82) is 0 Å². The highest BCUT2D eigenvalue weighted by Crippen LogP contribution is 2.39. The molecule has 1 N–H and O–H groups in total. The summed E-state index contributed by atoms with van der Waals surface area (Å²) in [5.41, 5.74) is 2.18. The summed E-state index contributed by atoms with van der Waals surface area (Å²) < 4.78 is 34.1. The number of hydrogen-bond acceptors (Lipinski definition) is 3. The molecule has 27 heavy (non-hydrogen) atoms. The lowest BCUT2D eigenvalue weighted by atomic mass is 10.0. The maximum absolute atomic E-state index is 13.7. The number of benzene rings is 2. The lowest BCUT2D eigenvalue weighted by molar-refractivity contribution is 0.101. The molecule has 0 atom stereocenters. The van der Waals surface area contributed by atoms with Crippen LogP contribution in [0.4, 0.5) is 14.6 Å². The quantitative estimate of drug-likeness (QED) is 0.637. The van der Waals surface area contributed by atoms with Crippen LogP contribution in [-0.4, -0.2) is 17.5 Å². The van der Waals surface area contributed by atoms with Gasteiger partial charge in [-0.2, -0.15) is 0 Å². The number of carbonyl (C=O) groups is 1. The van der Waals surface area contributed by atoms with Crippen molar-refractivity contribution in [2.24, 2.45) is 0 Å². The SMILES string of the molecule is O=C(Nc1ccc(-c2cc(Br)cc3c2OCC3)cn1)c1c(F)cccc1F. The third-order valence-corrected chi connectivity index (χ3v) is 4.71. The van der Waals surface area contributed by atoms with Gasteiger partial charge in [-0.05, 0) is 42.0 Å². The normalized spacial score (nSPS) is 12.4. The van der Waals surface area contributed by atoms with E-state index in [9.17, 15) is 13.6 Å². The third-order valence-electron chi connectivity index (χ3n) is 4.25. The summed E-state index contributed by atoms with van der Waals surface area (Å²) in [7, 11) is 0. The van der Waals surface area contributed by atoms with Crippen molar-refractivity contribution in [1.82, 2.24) is 4.98 Å². The molecule has 1 aliphatic rings. The van der Waals surface area contributed by atoms with E-state index < -0.39 is 23.1 Å². The average molecular weight is 431 g/mol. The monoisotopic (exact) mass is 430 g/mol. The van der Waals surface area contributed by atoms with E-state index in [1.54, 1.807) is 18.3 Å². The molecular weight excluding hydrogens is 418 g/mol. The van der Waals surface area contributed by atoms with E-state index in [0.29, 0.717) is 6.61 Å². The highest BCUT2D eigenvalue weighted by Gasteiger charge is 2.20. The van der Waals surface area contributed by atoms with Crippen LogP contribution in [0.5, 0.6) is 5.75 Å². The van der Waals surface area contributed by atoms with Gasteiger partial charge in [-0.15, -0.1) is 0 Å². The first kappa shape index (κ1) is 17.6. The lowest BCUT2D eigenvalue weighted by Crippen LogP contribution is -2.16. The van der Waals surface area contributed by atoms with Crippen molar-refractivity contribution in [3.05, 3.63) is 75.9 Å². The van der Waals surface area contributed by atoms with Gasteiger partial charge in [-0.1, -0.05) is 22.0 Å². The fourth-order valence-electron chi connectivity index (χ4n) is 3.00. The Labute approximate surface area is 162 Å². The Kier molecular flexibility index (Phi) is 4.61. The predicted molar refractivity (Wildman–Crippen MR) is 101 cm³/mol. The van der Waals surface area contributed by atoms with E-state index >= 15 is 0 Å². The Balaban J connectivity index is 1.60. The van der Waals surface area contributed by atoms with E-state index in [1.165, 1.54) is 6.07 Å². The smallest absolute Gasteiger partial charge is 0.262 e. The number of anilines is 1. The molecule has 0 radical (unpaired) electrons. The molecule has 1 amide bonds. The molecule has 0 unspecified atom stereocenters. The van der Waals surface area contributed by atoms with Crippen LogP contribution in [0.1, 0.15) is 15.9 Å². The second-order valence-corrected chi connectivity index (χ2v) is 6.94. The topological polar surface area (TPSA) is 51.2 Å². The van der Waals surface area contributed by atoms with Crippen LogP contribution in [0.3, 0.4) is 0 Å². The fourth-order valence-corrected chi connectivity index (χ4v) is 3.51. The molecule has 0 saturated carbocycles. The van der Waals surface area contributed by atoms with Gasteiger partial charge in [-0.25, -0.2) is 13.8 Å². The summed E-state index contributed by atoms with van der Waals surface area (Å²) in [6.45, 7) is 0.633. The molecule has 1 aliphatic heterocycles. The van der Waals surface area contributed by atoms with Crippen LogP contribution in [-0.2, 0) is 6.42 Å². The van der Waals surface area contributed by atoms with Gasteiger partial charge < -0.3 is 10.1 Å². The average Bonchev–Trinajstić information content (AvgIpc) is 3.10. The minimum atomic E-state index is -0.925. The van der Waals surface area contributed by atoms with Crippen LogP contribution < -0.4 is 10.1 Å². The number of halogens is 3. The number of carbonyl (C=O) groups excluding carboxylic acids is 1. The van der Waals surface area contributed by atoms with E-state index in [2.05, 4.69) is 26.2 Å². The van der Waals surface area contributed by atoms with Crippen LogP contribution >= 0.6 is 15.9 Å². The molecule has 0 fully saturated rings. The van der Waals surface area contributed by atoms with Crippen molar-refractivity contribution >= 4 is 27.7 Å². The number of pyridine rings is 1. The first-order valence-electron chi connectivity index (χ1n) is 8.20. The molecule has 4 nitrogen and oxygen atoms in total. The van der Waals surface area contributed by atoms with Gasteiger partial charge in [0.2, 0.25) is 0 Å². The Morgan fingerprint density at radius 3 is 2.63 bits per heavy atom. The molecule has 0 spiro atoms. The number of nitrogens with one attached hydrogen (secondary N) is 1. The molecule has 4 rings (SSSR count). The first-order chi connectivity index (χ1) is 13.0. The molecule has 2 heterocycles. The zero-order valence-electron chi connectivity index (χ0n) is 13.9. The van der Waals surface area contributed by atoms with Crippen LogP contribution in [0.2, 0.25) is 0 Å². The van der Waals surface area contributed by atoms with Gasteiger partial charge in [0, 0.05) is 28.2 Å². The van der Waals surface area contributed by atoms with Crippen molar-refractivity contribution < 1.29 is 18.3 Å². The Morgan fingerprint density at radius 2 is 1.93 bits per heavy atom. The predicted octanol–water partition coefficient (Wildman–Crippen LogP) is 4.98. The molecule has 7 heteroatoms. The molecule has 0 saturated heterocycles. The standard InChI is InChI=1S/C20H13BrF2N2O2/c21-13-8-11-6-7-27-19(11)14(9-13)12-4-5-17(24-10-12)25-20(26)18-15(22)2-1-3-16(18)23/h1-5,8-10H,6-7H2,(H,24,25,26). The summed E-state index contributed by atoms with van der Waals surface area (Å²) in [5, 5.41) is 2.41. The van der Waals surface area contributed by atoms with E-state index in [0.717, 1.165) is 45.5 Å². The molecule has 0 bridgehead atoms. The number of rotatable bonds is 3. The zero-order chi connectivity index (χ0) is 19.0. The number of ether oxygens (including phenoxy) is 1. The number of nitrogens with zero attached hydrogens (tertiary/aromatic N) is 1. The second-order valence-electron chi connectivity index (χ2n) is 6.02. The zero-order valence-corrected chi connectivity index (χ0v) is 15.5. The van der Waals surface area contributed by atoms with Gasteiger partial charge in [0.25, 0.3) is 5.91 Å².